The molecule has 1 unspecified atom stereocenters. The summed E-state index contributed by atoms with van der Waals surface area (Å²) in [5.41, 5.74) is 0.901. The second kappa shape index (κ2) is 6.59. The molecule has 1 atom stereocenters. The molecule has 0 bridgehead atoms. The zero-order valence-corrected chi connectivity index (χ0v) is 12.8. The Kier molecular flexibility index (Phi) is 4.81. The van der Waals surface area contributed by atoms with E-state index in [0.29, 0.717) is 12.4 Å². The molecule has 0 radical (unpaired) electrons. The topological polar surface area (TPSA) is 81.4 Å². The van der Waals surface area contributed by atoms with Crippen molar-refractivity contribution in [3.63, 3.8) is 0 Å². The number of anilines is 1. The van der Waals surface area contributed by atoms with Gasteiger partial charge in [0, 0.05) is 25.6 Å². The average molecular weight is 308 g/mol. The Morgan fingerprint density at radius 1 is 1.52 bits per heavy atom. The summed E-state index contributed by atoms with van der Waals surface area (Å²) in [7, 11) is 3.52. The van der Waals surface area contributed by atoms with Crippen LogP contribution in [0.3, 0.4) is 0 Å². The standard InChI is InChI=1S/C13H16N4O3S/c1-9(20-3)13-15-10(8-21-13)7-16(2)12-5-4-11(6-14-12)17(18)19/h4-6,8-9H,7H2,1-3H3. The molecular weight excluding hydrogens is 292 g/mol. The Bertz CT molecular complexity index is 614. The fourth-order valence-corrected chi connectivity index (χ4v) is 2.56. The summed E-state index contributed by atoms with van der Waals surface area (Å²) in [5.74, 6) is 0.662. The lowest BCUT2D eigenvalue weighted by molar-refractivity contribution is -0.385. The number of hydrogen-bond donors (Lipinski definition) is 0. The van der Waals surface area contributed by atoms with E-state index in [4.69, 9.17) is 4.74 Å². The summed E-state index contributed by atoms with van der Waals surface area (Å²) >= 11 is 1.55. The van der Waals surface area contributed by atoms with Gasteiger partial charge < -0.3 is 9.64 Å². The second-order valence-electron chi connectivity index (χ2n) is 4.54. The maximum atomic E-state index is 10.6. The first kappa shape index (κ1) is 15.3. The summed E-state index contributed by atoms with van der Waals surface area (Å²) in [6.07, 6.45) is 1.23. The smallest absolute Gasteiger partial charge is 0.287 e. The molecule has 8 heteroatoms. The predicted molar refractivity (Wildman–Crippen MR) is 80.5 cm³/mol. The summed E-state index contributed by atoms with van der Waals surface area (Å²) in [4.78, 5) is 20.6. The Morgan fingerprint density at radius 3 is 2.86 bits per heavy atom. The van der Waals surface area contributed by atoms with Gasteiger partial charge in [-0.1, -0.05) is 0 Å². The molecule has 2 rings (SSSR count). The highest BCUT2D eigenvalue weighted by Crippen LogP contribution is 2.22. The van der Waals surface area contributed by atoms with Crippen LogP contribution in [0.4, 0.5) is 11.5 Å². The number of ether oxygens (including phenoxy) is 1. The molecule has 7 nitrogen and oxygen atoms in total. The van der Waals surface area contributed by atoms with Gasteiger partial charge in [-0.05, 0) is 13.0 Å². The van der Waals surface area contributed by atoms with Crippen LogP contribution in [-0.4, -0.2) is 29.0 Å². The number of methoxy groups -OCH3 is 1. The van der Waals surface area contributed by atoms with E-state index in [9.17, 15) is 10.1 Å². The molecule has 0 amide bonds. The van der Waals surface area contributed by atoms with E-state index in [1.807, 2.05) is 24.3 Å². The van der Waals surface area contributed by atoms with E-state index >= 15 is 0 Å². The quantitative estimate of drug-likeness (QED) is 0.603. The largest absolute Gasteiger partial charge is 0.375 e. The molecular formula is C13H16N4O3S. The second-order valence-corrected chi connectivity index (χ2v) is 5.43. The van der Waals surface area contributed by atoms with Gasteiger partial charge in [0.2, 0.25) is 0 Å². The van der Waals surface area contributed by atoms with Gasteiger partial charge >= 0.3 is 0 Å². The van der Waals surface area contributed by atoms with E-state index < -0.39 is 4.92 Å². The van der Waals surface area contributed by atoms with Crippen LogP contribution in [0.15, 0.2) is 23.7 Å². The van der Waals surface area contributed by atoms with Gasteiger partial charge in [-0.15, -0.1) is 11.3 Å². The Labute approximate surface area is 126 Å². The van der Waals surface area contributed by atoms with E-state index in [-0.39, 0.29) is 11.8 Å². The summed E-state index contributed by atoms with van der Waals surface area (Å²) in [6, 6.07) is 3.07. The van der Waals surface area contributed by atoms with Gasteiger partial charge in [-0.2, -0.15) is 0 Å². The lowest BCUT2D eigenvalue weighted by Crippen LogP contribution is -2.17. The van der Waals surface area contributed by atoms with Crippen molar-refractivity contribution in [2.24, 2.45) is 0 Å². The number of rotatable bonds is 6. The number of pyridine rings is 1. The van der Waals surface area contributed by atoms with E-state index in [0.717, 1.165) is 10.7 Å². The van der Waals surface area contributed by atoms with Crippen LogP contribution in [0.1, 0.15) is 23.7 Å². The van der Waals surface area contributed by atoms with Crippen LogP contribution in [0.25, 0.3) is 0 Å². The maximum Gasteiger partial charge on any atom is 0.287 e. The normalized spacial score (nSPS) is 12.1. The average Bonchev–Trinajstić information content (AvgIpc) is 2.95. The summed E-state index contributed by atoms with van der Waals surface area (Å²) < 4.78 is 5.23. The maximum absolute atomic E-state index is 10.6. The van der Waals surface area contributed by atoms with Crippen LogP contribution >= 0.6 is 11.3 Å². The minimum atomic E-state index is -0.463. The molecule has 112 valence electrons. The van der Waals surface area contributed by atoms with Crippen LogP contribution in [-0.2, 0) is 11.3 Å². The molecule has 0 aliphatic rings. The molecule has 0 N–H and O–H groups in total. The van der Waals surface area contributed by atoms with Crippen molar-refractivity contribution in [3.05, 3.63) is 44.5 Å². The number of hydrogen-bond acceptors (Lipinski definition) is 7. The molecule has 0 aliphatic heterocycles. The molecule has 2 heterocycles. The van der Waals surface area contributed by atoms with Crippen LogP contribution in [0.2, 0.25) is 0 Å². The Balaban J connectivity index is 2.05. The van der Waals surface area contributed by atoms with Crippen molar-refractivity contribution in [2.45, 2.75) is 19.6 Å². The van der Waals surface area contributed by atoms with Crippen molar-refractivity contribution >= 4 is 22.8 Å². The van der Waals surface area contributed by atoms with Crippen LogP contribution in [0.5, 0.6) is 0 Å². The van der Waals surface area contributed by atoms with Gasteiger partial charge in [0.25, 0.3) is 5.69 Å². The molecule has 21 heavy (non-hydrogen) atoms. The van der Waals surface area contributed by atoms with Crippen LogP contribution in [0, 0.1) is 10.1 Å². The van der Waals surface area contributed by atoms with Crippen molar-refractivity contribution in [2.75, 3.05) is 19.1 Å². The first-order valence-corrected chi connectivity index (χ1v) is 7.18. The summed E-state index contributed by atoms with van der Waals surface area (Å²) in [5, 5.41) is 13.5. The van der Waals surface area contributed by atoms with Gasteiger partial charge in [0.1, 0.15) is 23.1 Å². The molecule has 0 aliphatic carbocycles. The van der Waals surface area contributed by atoms with E-state index in [1.54, 1.807) is 24.5 Å². The summed E-state index contributed by atoms with van der Waals surface area (Å²) in [6.45, 7) is 2.53. The Morgan fingerprint density at radius 2 is 2.29 bits per heavy atom. The Hall–Kier alpha value is -2.06. The molecule has 2 aromatic heterocycles. The van der Waals surface area contributed by atoms with Crippen molar-refractivity contribution in [1.29, 1.82) is 0 Å². The lowest BCUT2D eigenvalue weighted by Gasteiger charge is -2.16. The molecule has 2 aromatic rings. The molecule has 0 saturated heterocycles. The lowest BCUT2D eigenvalue weighted by atomic mass is 10.3. The number of thiazole rings is 1. The first-order chi connectivity index (χ1) is 10.0. The SMILES string of the molecule is COC(C)c1nc(CN(C)c2ccc([N+](=O)[O-])cn2)cs1. The zero-order chi connectivity index (χ0) is 15.4. The van der Waals surface area contributed by atoms with Crippen LogP contribution < -0.4 is 4.90 Å². The first-order valence-electron chi connectivity index (χ1n) is 6.30. The highest BCUT2D eigenvalue weighted by Gasteiger charge is 2.12. The monoisotopic (exact) mass is 308 g/mol. The highest BCUT2D eigenvalue weighted by atomic mass is 32.1. The molecule has 0 fully saturated rings. The number of nitrogens with zero attached hydrogens (tertiary/aromatic N) is 4. The number of nitro groups is 1. The van der Waals surface area contributed by atoms with Crippen molar-refractivity contribution in [1.82, 2.24) is 9.97 Å². The number of aromatic nitrogens is 2. The fourth-order valence-electron chi connectivity index (χ4n) is 1.72. The van der Waals surface area contributed by atoms with Gasteiger partial charge in [0.15, 0.2) is 0 Å². The van der Waals surface area contributed by atoms with E-state index in [1.165, 1.54) is 12.3 Å². The van der Waals surface area contributed by atoms with E-state index in [2.05, 4.69) is 9.97 Å². The minimum Gasteiger partial charge on any atom is -0.375 e. The predicted octanol–water partition coefficient (Wildman–Crippen LogP) is 2.79. The fraction of sp³-hybridized carbons (Fsp3) is 0.385. The molecule has 0 spiro atoms. The van der Waals surface area contributed by atoms with Crippen molar-refractivity contribution < 1.29 is 9.66 Å². The third-order valence-electron chi connectivity index (χ3n) is 3.00. The van der Waals surface area contributed by atoms with Gasteiger partial charge in [0.05, 0.1) is 17.2 Å². The minimum absolute atomic E-state index is 0.0167. The van der Waals surface area contributed by atoms with Gasteiger partial charge in [-0.3, -0.25) is 10.1 Å². The van der Waals surface area contributed by atoms with Crippen molar-refractivity contribution in [3.8, 4) is 0 Å². The third kappa shape index (κ3) is 3.73. The third-order valence-corrected chi connectivity index (χ3v) is 4.06. The molecule has 0 aromatic carbocycles. The van der Waals surface area contributed by atoms with Gasteiger partial charge in [-0.25, -0.2) is 9.97 Å². The molecule has 0 saturated carbocycles. The highest BCUT2D eigenvalue weighted by molar-refractivity contribution is 7.09. The zero-order valence-electron chi connectivity index (χ0n) is 12.0.